The van der Waals surface area contributed by atoms with Gasteiger partial charge in [0, 0.05) is 25.2 Å². The average Bonchev–Trinajstić information content (AvgIpc) is 3.08. The maximum absolute atomic E-state index is 12.0. The lowest BCUT2D eigenvalue weighted by Gasteiger charge is -2.22. The van der Waals surface area contributed by atoms with Crippen molar-refractivity contribution in [2.75, 3.05) is 20.6 Å². The van der Waals surface area contributed by atoms with E-state index in [9.17, 15) is 4.79 Å². The molecule has 1 unspecified atom stereocenters. The van der Waals surface area contributed by atoms with Gasteiger partial charge in [-0.3, -0.25) is 14.4 Å². The summed E-state index contributed by atoms with van der Waals surface area (Å²) in [6.45, 7) is 2.30. The van der Waals surface area contributed by atoms with Crippen molar-refractivity contribution in [3.05, 3.63) is 46.6 Å². The van der Waals surface area contributed by atoms with Crippen LogP contribution in [-0.4, -0.2) is 41.2 Å². The molecule has 0 aliphatic rings. The van der Waals surface area contributed by atoms with Gasteiger partial charge >= 0.3 is 0 Å². The molecule has 7 heteroatoms. The van der Waals surface area contributed by atoms with Gasteiger partial charge in [0.05, 0.1) is 18.0 Å². The Kier molecular flexibility index (Phi) is 5.63. The van der Waals surface area contributed by atoms with E-state index in [-0.39, 0.29) is 11.9 Å². The first-order chi connectivity index (χ1) is 10.9. The predicted octanol–water partition coefficient (Wildman–Crippen LogP) is 2.41. The molecule has 0 radical (unpaired) electrons. The van der Waals surface area contributed by atoms with E-state index < -0.39 is 0 Å². The first-order valence-corrected chi connectivity index (χ1v) is 7.62. The van der Waals surface area contributed by atoms with Crippen LogP contribution in [0.2, 0.25) is 5.15 Å². The fraction of sp³-hybridized carbons (Fsp3) is 0.375. The summed E-state index contributed by atoms with van der Waals surface area (Å²) in [5.74, 6) is 0.619. The summed E-state index contributed by atoms with van der Waals surface area (Å²) in [5.41, 5.74) is 1.53. The van der Waals surface area contributed by atoms with E-state index in [1.807, 2.05) is 38.1 Å². The van der Waals surface area contributed by atoms with E-state index in [0.717, 1.165) is 17.0 Å². The second-order valence-corrected chi connectivity index (χ2v) is 5.84. The number of rotatable bonds is 6. The minimum absolute atomic E-state index is 0.0222. The fourth-order valence-electron chi connectivity index (χ4n) is 2.27. The third-order valence-corrected chi connectivity index (χ3v) is 4.01. The van der Waals surface area contributed by atoms with E-state index in [2.05, 4.69) is 10.4 Å². The molecule has 2 aromatic rings. The standard InChI is InChI=1S/C16H21ClN4O2/c1-11-12(16(17)21(4)19-11)7-8-15(22)18-10-13(20(2)3)14-6-5-9-23-14/h5-9,13H,10H2,1-4H3,(H,18,22)/b8-7+. The molecule has 0 aliphatic heterocycles. The van der Waals surface area contributed by atoms with Crippen LogP contribution in [0.1, 0.15) is 23.1 Å². The molecule has 0 bridgehead atoms. The van der Waals surface area contributed by atoms with Crippen LogP contribution in [0.15, 0.2) is 28.9 Å². The Balaban J connectivity index is 1.98. The van der Waals surface area contributed by atoms with Crippen molar-refractivity contribution in [2.24, 2.45) is 7.05 Å². The van der Waals surface area contributed by atoms with Gasteiger partial charge in [0.2, 0.25) is 5.91 Å². The van der Waals surface area contributed by atoms with Crippen molar-refractivity contribution in [3.8, 4) is 0 Å². The second kappa shape index (κ2) is 7.48. The number of amides is 1. The summed E-state index contributed by atoms with van der Waals surface area (Å²) in [5, 5.41) is 7.58. The van der Waals surface area contributed by atoms with Gasteiger partial charge in [0.1, 0.15) is 10.9 Å². The van der Waals surface area contributed by atoms with Crippen LogP contribution in [0.5, 0.6) is 0 Å². The number of carbonyl (C=O) groups excluding carboxylic acids is 1. The van der Waals surface area contributed by atoms with Crippen LogP contribution in [0.4, 0.5) is 0 Å². The van der Waals surface area contributed by atoms with Crippen molar-refractivity contribution >= 4 is 23.6 Å². The minimum atomic E-state index is -0.192. The molecular weight excluding hydrogens is 316 g/mol. The zero-order chi connectivity index (χ0) is 17.0. The number of carbonyl (C=O) groups is 1. The number of aromatic nitrogens is 2. The molecule has 0 aromatic carbocycles. The van der Waals surface area contributed by atoms with Crippen molar-refractivity contribution in [1.82, 2.24) is 20.0 Å². The number of likely N-dealkylation sites (N-methyl/N-ethyl adjacent to an activating group) is 1. The Morgan fingerprint density at radius 1 is 1.57 bits per heavy atom. The molecule has 0 fully saturated rings. The number of hydrogen-bond acceptors (Lipinski definition) is 4. The van der Waals surface area contributed by atoms with Crippen LogP contribution in [0.3, 0.4) is 0 Å². The topological polar surface area (TPSA) is 63.3 Å². The van der Waals surface area contributed by atoms with Crippen LogP contribution in [0, 0.1) is 6.92 Å². The average molecular weight is 337 g/mol. The third kappa shape index (κ3) is 4.24. The molecule has 0 spiro atoms. The summed E-state index contributed by atoms with van der Waals surface area (Å²) < 4.78 is 6.99. The van der Waals surface area contributed by atoms with Gasteiger partial charge in [-0.25, -0.2) is 0 Å². The maximum atomic E-state index is 12.0. The van der Waals surface area contributed by atoms with E-state index in [4.69, 9.17) is 16.0 Å². The number of furan rings is 1. The van der Waals surface area contributed by atoms with Crippen molar-refractivity contribution in [1.29, 1.82) is 0 Å². The van der Waals surface area contributed by atoms with Crippen LogP contribution < -0.4 is 5.32 Å². The SMILES string of the molecule is Cc1nn(C)c(Cl)c1/C=C/C(=O)NCC(c1ccco1)N(C)C. The molecule has 23 heavy (non-hydrogen) atoms. The summed E-state index contributed by atoms with van der Waals surface area (Å²) in [7, 11) is 5.64. The third-order valence-electron chi connectivity index (χ3n) is 3.56. The molecule has 124 valence electrons. The second-order valence-electron chi connectivity index (χ2n) is 5.49. The number of nitrogens with zero attached hydrogens (tertiary/aromatic N) is 3. The largest absolute Gasteiger partial charge is 0.468 e. The zero-order valence-corrected chi connectivity index (χ0v) is 14.5. The Labute approximate surface area is 140 Å². The number of halogens is 1. The van der Waals surface area contributed by atoms with Crippen LogP contribution in [0.25, 0.3) is 6.08 Å². The molecule has 0 saturated heterocycles. The Morgan fingerprint density at radius 3 is 2.83 bits per heavy atom. The van der Waals surface area contributed by atoms with Crippen LogP contribution >= 0.6 is 11.6 Å². The Bertz CT molecular complexity index is 689. The van der Waals surface area contributed by atoms with Gasteiger partial charge in [-0.2, -0.15) is 5.10 Å². The highest BCUT2D eigenvalue weighted by molar-refractivity contribution is 6.31. The molecular formula is C16H21ClN4O2. The van der Waals surface area contributed by atoms with Gasteiger partial charge in [-0.15, -0.1) is 0 Å². The van der Waals surface area contributed by atoms with Gasteiger partial charge in [0.15, 0.2) is 0 Å². The lowest BCUT2D eigenvalue weighted by molar-refractivity contribution is -0.116. The van der Waals surface area contributed by atoms with E-state index in [1.54, 1.807) is 24.1 Å². The van der Waals surface area contributed by atoms with Crippen molar-refractivity contribution in [3.63, 3.8) is 0 Å². The molecule has 1 N–H and O–H groups in total. The van der Waals surface area contributed by atoms with Crippen molar-refractivity contribution < 1.29 is 9.21 Å². The highest BCUT2D eigenvalue weighted by Gasteiger charge is 2.17. The van der Waals surface area contributed by atoms with Gasteiger partial charge < -0.3 is 9.73 Å². The number of hydrogen-bond donors (Lipinski definition) is 1. The Hall–Kier alpha value is -2.05. The number of nitrogens with one attached hydrogen (secondary N) is 1. The number of aryl methyl sites for hydroxylation is 2. The maximum Gasteiger partial charge on any atom is 0.244 e. The van der Waals surface area contributed by atoms with Gasteiger partial charge in [-0.1, -0.05) is 11.6 Å². The highest BCUT2D eigenvalue weighted by Crippen LogP contribution is 2.20. The van der Waals surface area contributed by atoms with E-state index in [1.165, 1.54) is 6.08 Å². The first kappa shape index (κ1) is 17.3. The normalized spacial score (nSPS) is 13.0. The molecule has 1 atom stereocenters. The smallest absolute Gasteiger partial charge is 0.244 e. The van der Waals surface area contributed by atoms with E-state index >= 15 is 0 Å². The van der Waals surface area contributed by atoms with Crippen molar-refractivity contribution in [2.45, 2.75) is 13.0 Å². The van der Waals surface area contributed by atoms with E-state index in [0.29, 0.717) is 11.7 Å². The highest BCUT2D eigenvalue weighted by atomic mass is 35.5. The quantitative estimate of drug-likeness (QED) is 0.823. The summed E-state index contributed by atoms with van der Waals surface area (Å²) >= 11 is 6.13. The summed E-state index contributed by atoms with van der Waals surface area (Å²) in [6.07, 6.45) is 4.77. The molecule has 0 aliphatic carbocycles. The summed E-state index contributed by atoms with van der Waals surface area (Å²) in [6, 6.07) is 3.71. The Morgan fingerprint density at radius 2 is 2.30 bits per heavy atom. The minimum Gasteiger partial charge on any atom is -0.468 e. The molecule has 6 nitrogen and oxygen atoms in total. The lowest BCUT2D eigenvalue weighted by atomic mass is 10.2. The predicted molar refractivity (Wildman–Crippen MR) is 90.1 cm³/mol. The van der Waals surface area contributed by atoms with Crippen LogP contribution in [-0.2, 0) is 11.8 Å². The molecule has 2 heterocycles. The monoisotopic (exact) mass is 336 g/mol. The first-order valence-electron chi connectivity index (χ1n) is 7.25. The molecule has 2 rings (SSSR count). The molecule has 2 aromatic heterocycles. The fourth-order valence-corrected chi connectivity index (χ4v) is 2.51. The molecule has 0 saturated carbocycles. The lowest BCUT2D eigenvalue weighted by Crippen LogP contribution is -2.33. The molecule has 1 amide bonds. The summed E-state index contributed by atoms with van der Waals surface area (Å²) in [4.78, 5) is 14.0. The van der Waals surface area contributed by atoms with Gasteiger partial charge in [0.25, 0.3) is 0 Å². The van der Waals surface area contributed by atoms with Gasteiger partial charge in [-0.05, 0) is 39.2 Å². The zero-order valence-electron chi connectivity index (χ0n) is 13.7.